The summed E-state index contributed by atoms with van der Waals surface area (Å²) in [5.74, 6) is 0.879. The summed E-state index contributed by atoms with van der Waals surface area (Å²) in [4.78, 5) is 12.7. The molecule has 0 saturated heterocycles. The average Bonchev–Trinajstić information content (AvgIpc) is 2.51. The van der Waals surface area contributed by atoms with Gasteiger partial charge in [0.2, 0.25) is 0 Å². The molecule has 2 aliphatic rings. The Hall–Kier alpha value is -1.40. The fourth-order valence-electron chi connectivity index (χ4n) is 4.62. The quantitative estimate of drug-likeness (QED) is 0.820. The Morgan fingerprint density at radius 2 is 1.73 bits per heavy atom. The minimum absolute atomic E-state index is 0. The molecule has 3 N–H and O–H groups in total. The Morgan fingerprint density at radius 1 is 1.19 bits per heavy atom. The van der Waals surface area contributed by atoms with Gasteiger partial charge in [0.05, 0.1) is 0 Å². The van der Waals surface area contributed by atoms with Gasteiger partial charge in [0.15, 0.2) is 0 Å². The van der Waals surface area contributed by atoms with E-state index in [9.17, 15) is 13.6 Å². The number of fused-ring (bicyclic) bond motifs is 2. The summed E-state index contributed by atoms with van der Waals surface area (Å²) in [5.41, 5.74) is 7.70. The number of carbonyl (C=O) groups excluding carboxylic acids is 1. The van der Waals surface area contributed by atoms with E-state index in [-0.39, 0.29) is 36.1 Å². The van der Waals surface area contributed by atoms with Gasteiger partial charge in [-0.2, -0.15) is 8.78 Å². The van der Waals surface area contributed by atoms with Crippen LogP contribution in [0.1, 0.15) is 53.6 Å². The third kappa shape index (κ3) is 4.46. The van der Waals surface area contributed by atoms with Gasteiger partial charge in [-0.25, -0.2) is 0 Å². The van der Waals surface area contributed by atoms with Crippen LogP contribution in [0.5, 0.6) is 5.75 Å². The molecule has 146 valence electrons. The topological polar surface area (TPSA) is 64.4 Å². The number of halogens is 3. The molecule has 2 aliphatic carbocycles. The molecule has 3 rings (SSSR count). The van der Waals surface area contributed by atoms with E-state index in [4.69, 9.17) is 5.73 Å². The molecule has 0 aliphatic heterocycles. The van der Waals surface area contributed by atoms with Gasteiger partial charge < -0.3 is 15.8 Å². The van der Waals surface area contributed by atoms with Gasteiger partial charge in [-0.15, -0.1) is 12.4 Å². The number of amides is 1. The molecule has 0 spiro atoms. The zero-order chi connectivity index (χ0) is 18.1. The monoisotopic (exact) mass is 388 g/mol. The molecule has 7 heteroatoms. The first-order chi connectivity index (χ1) is 11.8. The molecule has 0 heterocycles. The minimum atomic E-state index is -2.87. The maximum atomic E-state index is 12.7. The van der Waals surface area contributed by atoms with Crippen molar-refractivity contribution in [3.63, 3.8) is 0 Å². The second-order valence-corrected chi connectivity index (χ2v) is 7.50. The smallest absolute Gasteiger partial charge is 0.387 e. The molecule has 0 aromatic heterocycles. The number of benzene rings is 1. The van der Waals surface area contributed by atoms with Crippen molar-refractivity contribution >= 4 is 18.3 Å². The van der Waals surface area contributed by atoms with Crippen LogP contribution in [0.25, 0.3) is 0 Å². The Labute approximate surface area is 159 Å². The van der Waals surface area contributed by atoms with Gasteiger partial charge in [0, 0.05) is 17.6 Å². The molecule has 26 heavy (non-hydrogen) atoms. The Balaban J connectivity index is 0.00000243. The summed E-state index contributed by atoms with van der Waals surface area (Å²) in [6.45, 7) is 0.481. The Kier molecular flexibility index (Phi) is 6.86. The van der Waals surface area contributed by atoms with Crippen LogP contribution in [0.15, 0.2) is 12.1 Å². The highest BCUT2D eigenvalue weighted by Gasteiger charge is 2.40. The molecule has 2 saturated carbocycles. The summed E-state index contributed by atoms with van der Waals surface area (Å²) >= 11 is 0. The van der Waals surface area contributed by atoms with Gasteiger partial charge in [0.1, 0.15) is 5.75 Å². The van der Waals surface area contributed by atoms with Crippen molar-refractivity contribution in [3.8, 4) is 5.75 Å². The highest BCUT2D eigenvalue weighted by Crippen LogP contribution is 2.39. The number of aryl methyl sites for hydroxylation is 2. The van der Waals surface area contributed by atoms with Gasteiger partial charge >= 0.3 is 6.61 Å². The van der Waals surface area contributed by atoms with E-state index in [0.29, 0.717) is 28.5 Å². The largest absolute Gasteiger partial charge is 0.434 e. The Bertz CT molecular complexity index is 619. The van der Waals surface area contributed by atoms with Crippen molar-refractivity contribution in [1.29, 1.82) is 0 Å². The first-order valence-corrected chi connectivity index (χ1v) is 8.97. The highest BCUT2D eigenvalue weighted by atomic mass is 35.5. The van der Waals surface area contributed by atoms with E-state index in [1.54, 1.807) is 26.0 Å². The van der Waals surface area contributed by atoms with Gasteiger partial charge in [-0.3, -0.25) is 4.79 Å². The lowest BCUT2D eigenvalue weighted by Gasteiger charge is -2.45. The van der Waals surface area contributed by atoms with E-state index in [1.807, 2.05) is 0 Å². The molecule has 0 radical (unpaired) electrons. The molecular formula is C19H27ClF2N2O2. The number of nitrogens with one attached hydrogen (secondary N) is 1. The Morgan fingerprint density at radius 3 is 2.23 bits per heavy atom. The van der Waals surface area contributed by atoms with Crippen LogP contribution >= 0.6 is 12.4 Å². The lowest BCUT2D eigenvalue weighted by atomic mass is 9.67. The zero-order valence-electron chi connectivity index (χ0n) is 15.1. The fraction of sp³-hybridized carbons (Fsp3) is 0.632. The van der Waals surface area contributed by atoms with Crippen LogP contribution in [0.4, 0.5) is 8.78 Å². The summed E-state index contributed by atoms with van der Waals surface area (Å²) in [6.07, 6.45) is 5.33. The molecule has 2 bridgehead atoms. The summed E-state index contributed by atoms with van der Waals surface area (Å²) in [6, 6.07) is 3.63. The predicted molar refractivity (Wildman–Crippen MR) is 99.1 cm³/mol. The molecule has 2 fully saturated rings. The second-order valence-electron chi connectivity index (χ2n) is 7.50. The van der Waals surface area contributed by atoms with Crippen molar-refractivity contribution in [2.24, 2.45) is 17.6 Å². The number of alkyl halides is 2. The molecule has 1 amide bonds. The van der Waals surface area contributed by atoms with Crippen LogP contribution in [0.3, 0.4) is 0 Å². The van der Waals surface area contributed by atoms with E-state index in [1.165, 1.54) is 6.42 Å². The van der Waals surface area contributed by atoms with Crippen molar-refractivity contribution in [1.82, 2.24) is 5.32 Å². The summed E-state index contributed by atoms with van der Waals surface area (Å²) < 4.78 is 29.6. The molecule has 4 nitrogen and oxygen atoms in total. The van der Waals surface area contributed by atoms with Crippen molar-refractivity contribution in [2.45, 2.75) is 64.6 Å². The van der Waals surface area contributed by atoms with Gasteiger partial charge in [0.25, 0.3) is 5.91 Å². The second kappa shape index (κ2) is 8.53. The average molecular weight is 389 g/mol. The van der Waals surface area contributed by atoms with Crippen molar-refractivity contribution in [3.05, 3.63) is 28.8 Å². The SMILES string of the molecule is Cc1cc(C(=O)NC2C3CCCC2CC(N)C3)cc(C)c1OC(F)F.Cl. The van der Waals surface area contributed by atoms with Gasteiger partial charge in [-0.05, 0) is 74.6 Å². The minimum Gasteiger partial charge on any atom is -0.434 e. The standard InChI is InChI=1S/C19H26F2N2O2.ClH/c1-10-6-14(7-11(2)17(10)25-19(20)21)18(24)23-16-12-4-3-5-13(16)9-15(22)8-12;/h6-7,12-13,15-16,19H,3-5,8-9,22H2,1-2H3,(H,23,24);1H. The van der Waals surface area contributed by atoms with Crippen molar-refractivity contribution in [2.75, 3.05) is 0 Å². The predicted octanol–water partition coefficient (Wildman–Crippen LogP) is 3.96. The maximum absolute atomic E-state index is 12.7. The number of ether oxygens (including phenoxy) is 1. The lowest BCUT2D eigenvalue weighted by molar-refractivity contribution is -0.0507. The van der Waals surface area contributed by atoms with Crippen molar-refractivity contribution < 1.29 is 18.3 Å². The number of hydrogen-bond acceptors (Lipinski definition) is 3. The first kappa shape index (κ1) is 20.9. The van der Waals surface area contributed by atoms with Crippen LogP contribution in [0, 0.1) is 25.7 Å². The lowest BCUT2D eigenvalue weighted by Crippen LogP contribution is -2.53. The third-order valence-electron chi connectivity index (χ3n) is 5.60. The first-order valence-electron chi connectivity index (χ1n) is 8.97. The zero-order valence-corrected chi connectivity index (χ0v) is 16.0. The number of rotatable bonds is 4. The molecule has 2 unspecified atom stereocenters. The number of hydrogen-bond donors (Lipinski definition) is 2. The van der Waals surface area contributed by atoms with E-state index >= 15 is 0 Å². The number of carbonyl (C=O) groups is 1. The normalized spacial score (nSPS) is 27.6. The summed E-state index contributed by atoms with van der Waals surface area (Å²) in [7, 11) is 0. The fourth-order valence-corrected chi connectivity index (χ4v) is 4.62. The van der Waals surface area contributed by atoms with Gasteiger partial charge in [-0.1, -0.05) is 6.42 Å². The maximum Gasteiger partial charge on any atom is 0.387 e. The van der Waals surface area contributed by atoms with Crippen LogP contribution < -0.4 is 15.8 Å². The molecule has 2 atom stereocenters. The van der Waals surface area contributed by atoms with E-state index < -0.39 is 6.61 Å². The molecular weight excluding hydrogens is 362 g/mol. The number of nitrogens with two attached hydrogens (primary N) is 1. The van der Waals surface area contributed by atoms with E-state index in [0.717, 1.165) is 25.7 Å². The van der Waals surface area contributed by atoms with Crippen LogP contribution in [0.2, 0.25) is 0 Å². The molecule has 1 aromatic carbocycles. The summed E-state index contributed by atoms with van der Waals surface area (Å²) in [5, 5.41) is 3.19. The van der Waals surface area contributed by atoms with Crippen LogP contribution in [-0.4, -0.2) is 24.6 Å². The molecule has 1 aromatic rings. The highest BCUT2D eigenvalue weighted by molar-refractivity contribution is 5.95. The van der Waals surface area contributed by atoms with Crippen LogP contribution in [-0.2, 0) is 0 Å². The van der Waals surface area contributed by atoms with E-state index in [2.05, 4.69) is 10.1 Å². The third-order valence-corrected chi connectivity index (χ3v) is 5.60.